The Kier molecular flexibility index (Phi) is 8.79. The minimum atomic E-state index is -0.266. The van der Waals surface area contributed by atoms with Gasteiger partial charge in [-0.3, -0.25) is 14.7 Å². The fourth-order valence-corrected chi connectivity index (χ4v) is 11.1. The molecule has 13 rings (SSSR count). The van der Waals surface area contributed by atoms with Crippen molar-refractivity contribution in [2.45, 2.75) is 52.4 Å². The molecule has 7 nitrogen and oxygen atoms in total. The Morgan fingerprint density at radius 2 is 0.824 bits per heavy atom. The third kappa shape index (κ3) is 5.97. The van der Waals surface area contributed by atoms with Crippen LogP contribution in [0.1, 0.15) is 52.8 Å². The van der Waals surface area contributed by atoms with Gasteiger partial charge in [0.25, 0.3) is 13.4 Å². The number of fused-ring (bicyclic) bond motifs is 8. The molecule has 7 heterocycles. The summed E-state index contributed by atoms with van der Waals surface area (Å²) in [5.41, 5.74) is 17.8. The van der Waals surface area contributed by atoms with E-state index in [4.69, 9.17) is 15.0 Å². The summed E-state index contributed by atoms with van der Waals surface area (Å²) in [4.78, 5) is 26.7. The lowest BCUT2D eigenvalue weighted by Crippen LogP contribution is -2.66. The molecule has 326 valence electrons. The maximum Gasteiger partial charge on any atom is 0.258 e. The second-order valence-corrected chi connectivity index (χ2v) is 20.5. The van der Waals surface area contributed by atoms with E-state index in [-0.39, 0.29) is 24.3 Å². The van der Waals surface area contributed by atoms with E-state index in [0.717, 1.165) is 79.5 Å². The third-order valence-corrected chi connectivity index (χ3v) is 14.3. The van der Waals surface area contributed by atoms with Gasteiger partial charge in [0.2, 0.25) is 0 Å². The lowest BCUT2D eigenvalue weighted by molar-refractivity contribution is 0.569. The standard InChI is InChI=1S/C59H49B2N7/c1-58(2,3)38-34-48-52-49(35-38)66(40-24-13-8-14-25-40)55-45(60(52)43-30-19-20-32-47(43)65(48)39-22-11-7-12-23-39)36-46-56(64-55)67(41-26-15-9-16-27-41)50-37-51(59(4,5)6)63-57-53(50)61(46)44-31-21-33-62-54(44)68(57)42-28-17-10-18-29-42/h7-37H,1-6H3. The van der Waals surface area contributed by atoms with Gasteiger partial charge in [-0.15, -0.1) is 0 Å². The Morgan fingerprint density at radius 3 is 1.38 bits per heavy atom. The van der Waals surface area contributed by atoms with E-state index in [2.05, 4.69) is 243 Å². The van der Waals surface area contributed by atoms with Crippen LogP contribution in [0.2, 0.25) is 0 Å². The number of aromatic nitrogens is 3. The molecule has 9 aromatic rings. The molecule has 4 aliphatic heterocycles. The molecule has 0 bridgehead atoms. The van der Waals surface area contributed by atoms with Gasteiger partial charge in [-0.25, -0.2) is 15.0 Å². The lowest BCUT2D eigenvalue weighted by Gasteiger charge is -2.46. The summed E-state index contributed by atoms with van der Waals surface area (Å²) in [5, 5.41) is 0. The highest BCUT2D eigenvalue weighted by molar-refractivity contribution is 7.03. The van der Waals surface area contributed by atoms with Gasteiger partial charge in [-0.2, -0.15) is 0 Å². The second-order valence-electron chi connectivity index (χ2n) is 20.5. The van der Waals surface area contributed by atoms with Crippen LogP contribution in [0.15, 0.2) is 188 Å². The molecule has 0 radical (unpaired) electrons. The molecule has 0 N–H and O–H groups in total. The average molecular weight is 878 g/mol. The van der Waals surface area contributed by atoms with Crippen molar-refractivity contribution in [1.29, 1.82) is 0 Å². The van der Waals surface area contributed by atoms with Crippen LogP contribution in [0, 0.1) is 0 Å². The third-order valence-electron chi connectivity index (χ3n) is 14.3. The molecule has 0 saturated carbocycles. The Bertz CT molecular complexity index is 3230. The number of rotatable bonds is 4. The van der Waals surface area contributed by atoms with Crippen LogP contribution < -0.4 is 52.4 Å². The van der Waals surface area contributed by atoms with Gasteiger partial charge in [0.05, 0.1) is 5.69 Å². The van der Waals surface area contributed by atoms with Crippen molar-refractivity contribution in [3.8, 4) is 0 Å². The maximum absolute atomic E-state index is 6.14. The molecule has 68 heavy (non-hydrogen) atoms. The lowest BCUT2D eigenvalue weighted by atomic mass is 9.31. The Hall–Kier alpha value is -7.90. The average Bonchev–Trinajstić information content (AvgIpc) is 3.36. The predicted molar refractivity (Wildman–Crippen MR) is 285 cm³/mol. The van der Waals surface area contributed by atoms with Gasteiger partial charge in [0.1, 0.15) is 23.3 Å². The second kappa shape index (κ2) is 14.8. The zero-order valence-electron chi connectivity index (χ0n) is 39.2. The highest BCUT2D eigenvalue weighted by Gasteiger charge is 2.50. The van der Waals surface area contributed by atoms with Gasteiger partial charge in [0, 0.05) is 57.1 Å². The number of hydrogen-bond acceptors (Lipinski definition) is 7. The van der Waals surface area contributed by atoms with E-state index >= 15 is 0 Å². The minimum absolute atomic E-state index is 0.122. The Morgan fingerprint density at radius 1 is 0.353 bits per heavy atom. The van der Waals surface area contributed by atoms with Crippen LogP contribution in [-0.4, -0.2) is 28.4 Å². The molecule has 3 aromatic heterocycles. The monoisotopic (exact) mass is 877 g/mol. The van der Waals surface area contributed by atoms with Gasteiger partial charge in [-0.1, -0.05) is 145 Å². The first kappa shape index (κ1) is 40.4. The zero-order chi connectivity index (χ0) is 46.1. The largest absolute Gasteiger partial charge is 0.311 e. The van der Waals surface area contributed by atoms with E-state index in [1.54, 1.807) is 0 Å². The van der Waals surface area contributed by atoms with Crippen LogP contribution in [0.5, 0.6) is 0 Å². The molecule has 0 fully saturated rings. The Balaban J connectivity index is 1.17. The quantitative estimate of drug-likeness (QED) is 0.163. The summed E-state index contributed by atoms with van der Waals surface area (Å²) in [6.07, 6.45) is 1.92. The maximum atomic E-state index is 6.14. The molecule has 6 aromatic carbocycles. The molecule has 0 amide bonds. The summed E-state index contributed by atoms with van der Waals surface area (Å²) < 4.78 is 0. The van der Waals surface area contributed by atoms with Crippen LogP contribution in [0.25, 0.3) is 0 Å². The molecular weight excluding hydrogens is 828 g/mol. The number of anilines is 12. The van der Waals surface area contributed by atoms with Crippen LogP contribution >= 0.6 is 0 Å². The van der Waals surface area contributed by atoms with Crippen molar-refractivity contribution < 1.29 is 0 Å². The van der Waals surface area contributed by atoms with Crippen molar-refractivity contribution in [2.24, 2.45) is 0 Å². The molecule has 0 atom stereocenters. The van der Waals surface area contributed by atoms with Gasteiger partial charge in [0.15, 0.2) is 0 Å². The van der Waals surface area contributed by atoms with Crippen molar-refractivity contribution >= 4 is 115 Å². The van der Waals surface area contributed by atoms with Crippen LogP contribution in [-0.2, 0) is 10.8 Å². The molecule has 0 spiro atoms. The molecule has 4 aliphatic rings. The first-order valence-electron chi connectivity index (χ1n) is 23.8. The highest BCUT2D eigenvalue weighted by atomic mass is 15.3. The first-order chi connectivity index (χ1) is 33.0. The number of hydrogen-bond donors (Lipinski definition) is 0. The molecular formula is C59H49B2N7. The number of nitrogens with zero attached hydrogens (tertiary/aromatic N) is 7. The van der Waals surface area contributed by atoms with Crippen molar-refractivity contribution in [3.63, 3.8) is 0 Å². The van der Waals surface area contributed by atoms with Crippen LogP contribution in [0.3, 0.4) is 0 Å². The molecule has 9 heteroatoms. The van der Waals surface area contributed by atoms with E-state index in [9.17, 15) is 0 Å². The predicted octanol–water partition coefficient (Wildman–Crippen LogP) is 10.6. The first-order valence-corrected chi connectivity index (χ1v) is 23.8. The summed E-state index contributed by atoms with van der Waals surface area (Å²) in [7, 11) is 0. The van der Waals surface area contributed by atoms with E-state index < -0.39 is 0 Å². The van der Waals surface area contributed by atoms with Crippen molar-refractivity contribution in [3.05, 3.63) is 199 Å². The smallest absolute Gasteiger partial charge is 0.258 e. The van der Waals surface area contributed by atoms with E-state index in [1.165, 1.54) is 33.3 Å². The van der Waals surface area contributed by atoms with Gasteiger partial charge in [-0.05, 0) is 123 Å². The minimum Gasteiger partial charge on any atom is -0.311 e. The normalized spacial score (nSPS) is 14.1. The van der Waals surface area contributed by atoms with E-state index in [1.807, 2.05) is 6.20 Å². The SMILES string of the molecule is CC(C)(C)c1cc2c3c(c1)N(c1ccccc1)c1nc4c(cc1B3c1ccccc1N2c1ccccc1)B1c2cccnc2N(c2ccccc2)c2nc(C(C)(C)C)cc(c21)N4c1ccccc1. The molecule has 0 aliphatic carbocycles. The molecule has 0 saturated heterocycles. The fraction of sp³-hybridized carbons (Fsp3) is 0.136. The molecule has 0 unspecified atom stereocenters. The summed E-state index contributed by atoms with van der Waals surface area (Å²) >= 11 is 0. The fourth-order valence-electron chi connectivity index (χ4n) is 11.1. The number of benzene rings is 6. The van der Waals surface area contributed by atoms with Gasteiger partial charge >= 0.3 is 0 Å². The van der Waals surface area contributed by atoms with Crippen molar-refractivity contribution in [1.82, 2.24) is 15.0 Å². The number of para-hydroxylation sites is 5. The summed E-state index contributed by atoms with van der Waals surface area (Å²) in [6.45, 7) is 13.4. The van der Waals surface area contributed by atoms with E-state index in [0.29, 0.717) is 0 Å². The Labute approximate surface area is 399 Å². The number of pyridine rings is 3. The topological polar surface area (TPSA) is 51.6 Å². The zero-order valence-corrected chi connectivity index (χ0v) is 39.2. The highest BCUT2D eigenvalue weighted by Crippen LogP contribution is 2.48. The summed E-state index contributed by atoms with van der Waals surface area (Å²) in [5.74, 6) is 3.61. The van der Waals surface area contributed by atoms with Gasteiger partial charge < -0.3 is 4.90 Å². The summed E-state index contributed by atoms with van der Waals surface area (Å²) in [6, 6.07) is 66.2. The van der Waals surface area contributed by atoms with Crippen LogP contribution in [0.4, 0.5) is 68.8 Å². The van der Waals surface area contributed by atoms with Crippen molar-refractivity contribution in [2.75, 3.05) is 19.6 Å².